The molecule has 0 radical (unpaired) electrons. The Morgan fingerprint density at radius 2 is 2.06 bits per heavy atom. The normalized spacial score (nSPS) is 19.6. The molecule has 3 heterocycles. The zero-order valence-electron chi connectivity index (χ0n) is 17.6. The largest absolute Gasteiger partial charge is 0.396 e. The number of nitrogens with one attached hydrogen (secondary N) is 1. The lowest BCUT2D eigenvalue weighted by atomic mass is 9.83. The van der Waals surface area contributed by atoms with Crippen molar-refractivity contribution in [2.24, 2.45) is 5.92 Å². The fraction of sp³-hybridized carbons (Fsp3) is 0.478. The SMILES string of the molecule is Cc1cc(C)c(CN2CCc3c(Cl)cc(C(CO)[C@H]4CCOC4)c(Cl)c3C2=O)c(=O)[nH]1. The van der Waals surface area contributed by atoms with Crippen molar-refractivity contribution in [1.29, 1.82) is 0 Å². The minimum absolute atomic E-state index is 0.0985. The van der Waals surface area contributed by atoms with E-state index in [4.69, 9.17) is 27.9 Å². The zero-order valence-corrected chi connectivity index (χ0v) is 19.1. The number of aliphatic hydroxyl groups excluding tert-OH is 1. The van der Waals surface area contributed by atoms with Crippen LogP contribution < -0.4 is 5.56 Å². The van der Waals surface area contributed by atoms with Gasteiger partial charge in [0.2, 0.25) is 0 Å². The molecule has 1 amide bonds. The first-order valence-corrected chi connectivity index (χ1v) is 11.3. The standard InChI is InChI=1S/C23H26Cl2N2O4/c1-12-7-13(2)26-22(29)17(12)9-27-5-3-15-19(24)8-16(21(25)20(15)23(27)30)18(10-28)14-4-6-31-11-14/h7-8,14,18,28H,3-6,9-11H2,1-2H3,(H,26,29)/t14-,18?/m0/s1. The number of aromatic amines is 1. The van der Waals surface area contributed by atoms with E-state index in [1.54, 1.807) is 11.0 Å². The maximum atomic E-state index is 13.5. The molecule has 1 aromatic heterocycles. The number of aromatic nitrogens is 1. The van der Waals surface area contributed by atoms with Crippen molar-refractivity contribution in [3.8, 4) is 0 Å². The summed E-state index contributed by atoms with van der Waals surface area (Å²) in [6, 6.07) is 3.69. The molecule has 2 aliphatic heterocycles. The lowest BCUT2D eigenvalue weighted by Gasteiger charge is -2.32. The fourth-order valence-corrected chi connectivity index (χ4v) is 5.41. The van der Waals surface area contributed by atoms with Gasteiger partial charge < -0.3 is 19.7 Å². The summed E-state index contributed by atoms with van der Waals surface area (Å²) >= 11 is 13.3. The second kappa shape index (κ2) is 8.94. The molecule has 6 nitrogen and oxygen atoms in total. The van der Waals surface area contributed by atoms with E-state index < -0.39 is 0 Å². The fourth-order valence-electron chi connectivity index (χ4n) is 4.72. The van der Waals surface area contributed by atoms with E-state index in [0.717, 1.165) is 23.2 Å². The van der Waals surface area contributed by atoms with Crippen LogP contribution in [-0.4, -0.2) is 47.3 Å². The molecular weight excluding hydrogens is 439 g/mol. The van der Waals surface area contributed by atoms with Gasteiger partial charge in [-0.05, 0) is 61.4 Å². The van der Waals surface area contributed by atoms with Crippen LogP contribution in [0.3, 0.4) is 0 Å². The minimum atomic E-state index is -0.247. The first-order valence-electron chi connectivity index (χ1n) is 10.5. The number of nitrogens with zero attached hydrogens (tertiary/aromatic N) is 1. The molecule has 166 valence electrons. The highest BCUT2D eigenvalue weighted by Gasteiger charge is 2.35. The lowest BCUT2D eigenvalue weighted by molar-refractivity contribution is 0.0726. The highest BCUT2D eigenvalue weighted by Crippen LogP contribution is 2.41. The van der Waals surface area contributed by atoms with Crippen LogP contribution in [0.2, 0.25) is 10.0 Å². The van der Waals surface area contributed by atoms with Gasteiger partial charge in [0.15, 0.2) is 0 Å². The molecule has 1 fully saturated rings. The Morgan fingerprint density at radius 3 is 2.71 bits per heavy atom. The molecule has 2 atom stereocenters. The number of rotatable bonds is 5. The van der Waals surface area contributed by atoms with Gasteiger partial charge in [-0.2, -0.15) is 0 Å². The Morgan fingerprint density at radius 1 is 1.29 bits per heavy atom. The number of hydrogen-bond donors (Lipinski definition) is 2. The molecule has 0 bridgehead atoms. The third kappa shape index (κ3) is 4.14. The highest BCUT2D eigenvalue weighted by atomic mass is 35.5. The van der Waals surface area contributed by atoms with Crippen molar-refractivity contribution >= 4 is 29.1 Å². The maximum Gasteiger partial charge on any atom is 0.256 e. The van der Waals surface area contributed by atoms with Gasteiger partial charge in [0, 0.05) is 35.3 Å². The molecule has 2 N–H and O–H groups in total. The van der Waals surface area contributed by atoms with Gasteiger partial charge in [-0.25, -0.2) is 0 Å². The number of pyridine rings is 1. The Kier molecular flexibility index (Phi) is 6.44. The summed E-state index contributed by atoms with van der Waals surface area (Å²) in [6.07, 6.45) is 1.38. The third-order valence-corrected chi connectivity index (χ3v) is 7.20. The topological polar surface area (TPSA) is 82.6 Å². The van der Waals surface area contributed by atoms with Gasteiger partial charge >= 0.3 is 0 Å². The molecule has 2 aromatic rings. The summed E-state index contributed by atoms with van der Waals surface area (Å²) in [5.74, 6) is -0.364. The number of fused-ring (bicyclic) bond motifs is 1. The number of ether oxygens (including phenoxy) is 1. The summed E-state index contributed by atoms with van der Waals surface area (Å²) < 4.78 is 5.48. The minimum Gasteiger partial charge on any atom is -0.396 e. The van der Waals surface area contributed by atoms with E-state index in [2.05, 4.69) is 4.98 Å². The van der Waals surface area contributed by atoms with E-state index in [-0.39, 0.29) is 36.5 Å². The summed E-state index contributed by atoms with van der Waals surface area (Å²) in [5, 5.41) is 10.9. The van der Waals surface area contributed by atoms with E-state index in [9.17, 15) is 14.7 Å². The van der Waals surface area contributed by atoms with Gasteiger partial charge in [-0.3, -0.25) is 9.59 Å². The molecule has 0 spiro atoms. The molecule has 8 heteroatoms. The first-order chi connectivity index (χ1) is 14.8. The van der Waals surface area contributed by atoms with Crippen LogP contribution in [0.5, 0.6) is 0 Å². The van der Waals surface area contributed by atoms with Crippen LogP contribution in [0.25, 0.3) is 0 Å². The van der Waals surface area contributed by atoms with Crippen LogP contribution in [0.4, 0.5) is 0 Å². The number of amides is 1. The molecule has 0 aliphatic carbocycles. The van der Waals surface area contributed by atoms with Crippen LogP contribution in [-0.2, 0) is 17.7 Å². The van der Waals surface area contributed by atoms with Gasteiger partial charge in [-0.1, -0.05) is 23.2 Å². The number of benzene rings is 1. The number of aryl methyl sites for hydroxylation is 2. The smallest absolute Gasteiger partial charge is 0.256 e. The molecule has 1 aromatic carbocycles. The molecule has 0 saturated carbocycles. The summed E-state index contributed by atoms with van der Waals surface area (Å²) in [7, 11) is 0. The summed E-state index contributed by atoms with van der Waals surface area (Å²) in [4.78, 5) is 30.4. The number of H-pyrrole nitrogens is 1. The summed E-state index contributed by atoms with van der Waals surface area (Å²) in [6.45, 7) is 5.46. The molecule has 2 aliphatic rings. The Balaban J connectivity index is 1.71. The maximum absolute atomic E-state index is 13.5. The van der Waals surface area contributed by atoms with Gasteiger partial charge in [0.05, 0.1) is 30.3 Å². The molecule has 1 unspecified atom stereocenters. The molecule has 1 saturated heterocycles. The van der Waals surface area contributed by atoms with E-state index >= 15 is 0 Å². The average Bonchev–Trinajstić information content (AvgIpc) is 3.24. The number of hydrogen-bond acceptors (Lipinski definition) is 4. The van der Waals surface area contributed by atoms with Gasteiger partial charge in [0.1, 0.15) is 0 Å². The van der Waals surface area contributed by atoms with Gasteiger partial charge in [0.25, 0.3) is 11.5 Å². The van der Waals surface area contributed by atoms with E-state index in [1.807, 2.05) is 19.9 Å². The van der Waals surface area contributed by atoms with Crippen molar-refractivity contribution in [3.63, 3.8) is 0 Å². The second-order valence-corrected chi connectivity index (χ2v) is 9.23. The first kappa shape index (κ1) is 22.3. The predicted octanol–water partition coefficient (Wildman–Crippen LogP) is 3.61. The molecule has 4 rings (SSSR count). The van der Waals surface area contributed by atoms with Crippen molar-refractivity contribution in [2.75, 3.05) is 26.4 Å². The van der Waals surface area contributed by atoms with Crippen LogP contribution in [0, 0.1) is 19.8 Å². The van der Waals surface area contributed by atoms with Gasteiger partial charge in [-0.15, -0.1) is 0 Å². The third-order valence-electron chi connectivity index (χ3n) is 6.45. The quantitative estimate of drug-likeness (QED) is 0.707. The Labute approximate surface area is 191 Å². The van der Waals surface area contributed by atoms with Crippen LogP contribution in [0.15, 0.2) is 16.9 Å². The van der Waals surface area contributed by atoms with E-state index in [0.29, 0.717) is 52.9 Å². The van der Waals surface area contributed by atoms with Crippen molar-refractivity contribution in [2.45, 2.75) is 39.2 Å². The Bertz CT molecular complexity index is 1080. The van der Waals surface area contributed by atoms with Crippen LogP contribution >= 0.6 is 23.2 Å². The highest BCUT2D eigenvalue weighted by molar-refractivity contribution is 6.37. The van der Waals surface area contributed by atoms with Crippen molar-refractivity contribution in [3.05, 3.63) is 66.0 Å². The van der Waals surface area contributed by atoms with Crippen LogP contribution in [0.1, 0.15) is 50.6 Å². The zero-order chi connectivity index (χ0) is 22.3. The average molecular weight is 465 g/mol. The Hall–Kier alpha value is -1.86. The predicted molar refractivity (Wildman–Crippen MR) is 120 cm³/mol. The molecular formula is C23H26Cl2N2O4. The number of carbonyl (C=O) groups is 1. The second-order valence-electron chi connectivity index (χ2n) is 8.45. The number of carbonyl (C=O) groups excluding carboxylic acids is 1. The lowest BCUT2D eigenvalue weighted by Crippen LogP contribution is -2.39. The number of aliphatic hydroxyl groups is 1. The number of halogens is 2. The van der Waals surface area contributed by atoms with Crippen molar-refractivity contribution in [1.82, 2.24) is 9.88 Å². The van der Waals surface area contributed by atoms with Crippen molar-refractivity contribution < 1.29 is 14.6 Å². The monoisotopic (exact) mass is 464 g/mol. The molecule has 31 heavy (non-hydrogen) atoms. The van der Waals surface area contributed by atoms with E-state index in [1.165, 1.54) is 0 Å². The summed E-state index contributed by atoms with van der Waals surface area (Å²) in [5.41, 5.74) is 3.81.